The average Bonchev–Trinajstić information content (AvgIpc) is 1.99. The Balaban J connectivity index is 2.87. The van der Waals surface area contributed by atoms with E-state index in [9.17, 15) is 9.59 Å². The maximum absolute atomic E-state index is 11.6. The number of rotatable bonds is 2. The van der Waals surface area contributed by atoms with Crippen molar-refractivity contribution in [2.45, 2.75) is 32.6 Å². The molecule has 0 spiro atoms. The highest BCUT2D eigenvalue weighted by atomic mass is 127. The predicted octanol–water partition coefficient (Wildman–Crippen LogP) is 2.65. The molecule has 0 amide bonds. The molecule has 0 aromatic carbocycles. The first kappa shape index (κ1) is 10.9. The minimum Gasteiger partial charge on any atom is -0.299 e. The van der Waals surface area contributed by atoms with Gasteiger partial charge in [-0.05, 0) is 45.9 Å². The number of hydrogen-bond donors (Lipinski definition) is 0. The largest absolute Gasteiger partial charge is 0.299 e. The molecule has 0 aliphatic heterocycles. The van der Waals surface area contributed by atoms with E-state index in [2.05, 4.69) is 29.2 Å². The number of carbonyl (C=O) groups excluding carboxylic acids is 2. The monoisotopic (exact) mass is 292 g/mol. The predicted molar refractivity (Wildman–Crippen MR) is 59.7 cm³/mol. The van der Waals surface area contributed by atoms with Crippen molar-refractivity contribution < 1.29 is 9.59 Å². The van der Waals surface area contributed by atoms with E-state index in [1.807, 2.05) is 0 Å². The van der Waals surface area contributed by atoms with E-state index < -0.39 is 5.41 Å². The summed E-state index contributed by atoms with van der Waals surface area (Å²) >= 11 is 2.08. The summed E-state index contributed by atoms with van der Waals surface area (Å²) in [5.41, 5.74) is -0.767. The van der Waals surface area contributed by atoms with Crippen LogP contribution in [0.4, 0.5) is 0 Å². The first-order valence-electron chi connectivity index (χ1n) is 4.36. The Bertz CT molecular complexity index is 252. The maximum atomic E-state index is 11.6. The number of halogens is 1. The molecular formula is C10H13IO2. The van der Waals surface area contributed by atoms with Gasteiger partial charge in [-0.2, -0.15) is 0 Å². The van der Waals surface area contributed by atoms with Gasteiger partial charge in [0.15, 0.2) is 0 Å². The summed E-state index contributed by atoms with van der Waals surface area (Å²) in [7, 11) is 0. The first-order valence-corrected chi connectivity index (χ1v) is 5.44. The van der Waals surface area contributed by atoms with Crippen molar-refractivity contribution in [3.8, 4) is 0 Å². The van der Waals surface area contributed by atoms with Crippen LogP contribution in [0.15, 0.2) is 10.2 Å². The van der Waals surface area contributed by atoms with E-state index >= 15 is 0 Å². The Labute approximate surface area is 91.9 Å². The van der Waals surface area contributed by atoms with Crippen LogP contribution in [0.2, 0.25) is 0 Å². The molecule has 1 fully saturated rings. The first-order chi connectivity index (χ1) is 5.97. The van der Waals surface area contributed by atoms with Crippen molar-refractivity contribution in [1.82, 2.24) is 0 Å². The maximum Gasteiger partial charge on any atom is 0.146 e. The Morgan fingerprint density at radius 2 is 1.92 bits per heavy atom. The van der Waals surface area contributed by atoms with Gasteiger partial charge in [0.25, 0.3) is 0 Å². The molecule has 0 bridgehead atoms. The third-order valence-electron chi connectivity index (χ3n) is 2.58. The molecule has 0 heterocycles. The second kappa shape index (κ2) is 3.90. The Hall–Kier alpha value is -0.190. The van der Waals surface area contributed by atoms with Crippen LogP contribution >= 0.6 is 22.6 Å². The zero-order valence-electron chi connectivity index (χ0n) is 7.73. The van der Waals surface area contributed by atoms with Gasteiger partial charge in [-0.1, -0.05) is 6.58 Å². The van der Waals surface area contributed by atoms with Crippen LogP contribution in [-0.4, -0.2) is 11.6 Å². The zero-order chi connectivity index (χ0) is 10.1. The normalized spacial score (nSPS) is 21.7. The van der Waals surface area contributed by atoms with Crippen molar-refractivity contribution in [3.05, 3.63) is 10.2 Å². The van der Waals surface area contributed by atoms with Crippen LogP contribution in [0.3, 0.4) is 0 Å². The molecule has 2 nitrogen and oxygen atoms in total. The molecule has 1 saturated carbocycles. The van der Waals surface area contributed by atoms with Gasteiger partial charge in [0.1, 0.15) is 11.6 Å². The standard InChI is InChI=1S/C10H13IO2/c1-7(11)6-10(2)8(12)4-3-5-9(10)13/h1,3-6H2,2H3. The van der Waals surface area contributed by atoms with Crippen LogP contribution in [0.1, 0.15) is 32.6 Å². The Morgan fingerprint density at radius 1 is 1.46 bits per heavy atom. The molecule has 0 saturated heterocycles. The summed E-state index contributed by atoms with van der Waals surface area (Å²) in [4.78, 5) is 23.2. The molecule has 0 atom stereocenters. The van der Waals surface area contributed by atoms with Gasteiger partial charge in [0, 0.05) is 12.8 Å². The molecule has 0 aromatic heterocycles. The molecule has 3 heteroatoms. The molecule has 1 rings (SSSR count). The molecule has 1 aliphatic carbocycles. The molecule has 1 aliphatic rings. The lowest BCUT2D eigenvalue weighted by molar-refractivity contribution is -0.142. The van der Waals surface area contributed by atoms with Crippen molar-refractivity contribution in [3.63, 3.8) is 0 Å². The fourth-order valence-electron chi connectivity index (χ4n) is 1.70. The third kappa shape index (κ3) is 2.18. The molecule has 0 N–H and O–H groups in total. The highest BCUT2D eigenvalue weighted by Gasteiger charge is 2.42. The van der Waals surface area contributed by atoms with E-state index in [4.69, 9.17) is 0 Å². The van der Waals surface area contributed by atoms with Gasteiger partial charge in [-0.15, -0.1) is 0 Å². The SMILES string of the molecule is C=C(I)CC1(C)C(=O)CCCC1=O. The van der Waals surface area contributed by atoms with Gasteiger partial charge in [-0.25, -0.2) is 0 Å². The van der Waals surface area contributed by atoms with Crippen molar-refractivity contribution in [2.75, 3.05) is 0 Å². The molecule has 0 radical (unpaired) electrons. The van der Waals surface area contributed by atoms with Gasteiger partial charge in [0.2, 0.25) is 0 Å². The smallest absolute Gasteiger partial charge is 0.146 e. The van der Waals surface area contributed by atoms with E-state index in [1.165, 1.54) is 0 Å². The fourth-order valence-corrected chi connectivity index (χ4v) is 2.46. The summed E-state index contributed by atoms with van der Waals surface area (Å²) < 4.78 is 0.878. The highest BCUT2D eigenvalue weighted by Crippen LogP contribution is 2.36. The van der Waals surface area contributed by atoms with Gasteiger partial charge in [0.05, 0.1) is 5.41 Å². The molecule has 0 aromatic rings. The lowest BCUT2D eigenvalue weighted by atomic mass is 9.71. The van der Waals surface area contributed by atoms with E-state index in [1.54, 1.807) is 6.92 Å². The summed E-state index contributed by atoms with van der Waals surface area (Å²) in [6, 6.07) is 0. The minimum absolute atomic E-state index is 0.0848. The van der Waals surface area contributed by atoms with Gasteiger partial charge in [-0.3, -0.25) is 9.59 Å². The Morgan fingerprint density at radius 3 is 2.31 bits per heavy atom. The van der Waals surface area contributed by atoms with Crippen LogP contribution in [0.25, 0.3) is 0 Å². The number of ketones is 2. The average molecular weight is 292 g/mol. The summed E-state index contributed by atoms with van der Waals surface area (Å²) in [5, 5.41) is 0. The third-order valence-corrected chi connectivity index (χ3v) is 2.97. The number of carbonyl (C=O) groups is 2. The summed E-state index contributed by atoms with van der Waals surface area (Å²) in [5.74, 6) is 0.170. The van der Waals surface area contributed by atoms with E-state index in [0.717, 1.165) is 10.0 Å². The van der Waals surface area contributed by atoms with Crippen molar-refractivity contribution in [1.29, 1.82) is 0 Å². The second-order valence-electron chi connectivity index (χ2n) is 3.73. The van der Waals surface area contributed by atoms with Gasteiger partial charge >= 0.3 is 0 Å². The van der Waals surface area contributed by atoms with Crippen LogP contribution < -0.4 is 0 Å². The number of hydrogen-bond acceptors (Lipinski definition) is 2. The van der Waals surface area contributed by atoms with Crippen molar-refractivity contribution in [2.24, 2.45) is 5.41 Å². The Kier molecular flexibility index (Phi) is 3.27. The van der Waals surface area contributed by atoms with Crippen LogP contribution in [0, 0.1) is 5.41 Å². The molecular weight excluding hydrogens is 279 g/mol. The topological polar surface area (TPSA) is 34.1 Å². The number of allylic oxidation sites excluding steroid dienone is 1. The zero-order valence-corrected chi connectivity index (χ0v) is 9.89. The quantitative estimate of drug-likeness (QED) is 0.579. The second-order valence-corrected chi connectivity index (χ2v) is 5.25. The van der Waals surface area contributed by atoms with E-state index in [-0.39, 0.29) is 11.6 Å². The minimum atomic E-state index is -0.767. The highest BCUT2D eigenvalue weighted by molar-refractivity contribution is 14.1. The van der Waals surface area contributed by atoms with Gasteiger partial charge < -0.3 is 0 Å². The van der Waals surface area contributed by atoms with Crippen LogP contribution in [0.5, 0.6) is 0 Å². The van der Waals surface area contributed by atoms with Crippen molar-refractivity contribution >= 4 is 34.2 Å². The molecule has 0 unspecified atom stereocenters. The lowest BCUT2D eigenvalue weighted by Crippen LogP contribution is -2.39. The molecule has 72 valence electrons. The summed E-state index contributed by atoms with van der Waals surface area (Å²) in [6.45, 7) is 5.50. The fraction of sp³-hybridized carbons (Fsp3) is 0.600. The number of Topliss-reactive ketones (excluding diaryl/α,β-unsaturated/α-hetero) is 2. The van der Waals surface area contributed by atoms with E-state index in [0.29, 0.717) is 19.3 Å². The molecule has 13 heavy (non-hydrogen) atoms. The lowest BCUT2D eigenvalue weighted by Gasteiger charge is -2.30. The summed E-state index contributed by atoms with van der Waals surface area (Å²) in [6.07, 6.45) is 2.32. The van der Waals surface area contributed by atoms with Crippen LogP contribution in [-0.2, 0) is 9.59 Å².